The normalized spacial score (nSPS) is 17.8. The summed E-state index contributed by atoms with van der Waals surface area (Å²) >= 11 is 0. The summed E-state index contributed by atoms with van der Waals surface area (Å²) in [5, 5.41) is 0. The third-order valence-corrected chi connectivity index (χ3v) is 4.65. The van der Waals surface area contributed by atoms with Gasteiger partial charge in [-0.25, -0.2) is 12.8 Å². The van der Waals surface area contributed by atoms with E-state index in [-0.39, 0.29) is 10.6 Å². The van der Waals surface area contributed by atoms with Gasteiger partial charge in [-0.2, -0.15) is 4.31 Å². The topological polar surface area (TPSA) is 63.4 Å². The first-order valence-corrected chi connectivity index (χ1v) is 6.51. The van der Waals surface area contributed by atoms with E-state index >= 15 is 0 Å². The summed E-state index contributed by atoms with van der Waals surface area (Å²) in [5.74, 6) is -0.694. The highest BCUT2D eigenvalue weighted by molar-refractivity contribution is 7.89. The minimum absolute atomic E-state index is 0.130. The Morgan fingerprint density at radius 2 is 1.88 bits per heavy atom. The number of anilines is 1. The van der Waals surface area contributed by atoms with Crippen molar-refractivity contribution < 1.29 is 12.8 Å². The van der Waals surface area contributed by atoms with Crippen molar-refractivity contribution in [3.05, 3.63) is 24.0 Å². The van der Waals surface area contributed by atoms with E-state index in [0.717, 1.165) is 18.9 Å². The lowest BCUT2D eigenvalue weighted by molar-refractivity contribution is 0.477. The van der Waals surface area contributed by atoms with Gasteiger partial charge in [0.1, 0.15) is 10.7 Å². The summed E-state index contributed by atoms with van der Waals surface area (Å²) in [4.78, 5) is -0.130. The van der Waals surface area contributed by atoms with Gasteiger partial charge in [0.2, 0.25) is 10.0 Å². The molecule has 0 atom stereocenters. The number of nitrogen functional groups attached to an aromatic ring is 1. The first-order chi connectivity index (χ1) is 7.53. The predicted octanol–water partition coefficient (Wildman–Crippen LogP) is 1.19. The summed E-state index contributed by atoms with van der Waals surface area (Å²) in [5.41, 5.74) is 5.16. The molecule has 2 N–H and O–H groups in total. The fourth-order valence-corrected chi connectivity index (χ4v) is 3.45. The van der Waals surface area contributed by atoms with Crippen LogP contribution in [0.1, 0.15) is 12.8 Å². The number of benzene rings is 1. The molecule has 0 aromatic heterocycles. The van der Waals surface area contributed by atoms with Crippen LogP contribution in [0.15, 0.2) is 23.1 Å². The van der Waals surface area contributed by atoms with Gasteiger partial charge in [0.15, 0.2) is 0 Å². The first-order valence-electron chi connectivity index (χ1n) is 5.07. The minimum Gasteiger partial charge on any atom is -0.395 e. The second kappa shape index (κ2) is 4.03. The average molecular weight is 244 g/mol. The molecule has 1 aromatic rings. The standard InChI is InChI=1S/C10H13FN2O2S/c11-8-4-3-5-9(10(8)12)16(14,15)13-6-1-2-7-13/h3-5H,1-2,6-7,12H2. The SMILES string of the molecule is Nc1c(F)cccc1S(=O)(=O)N1CCCC1. The molecule has 2 rings (SSSR count). The van der Waals surface area contributed by atoms with Crippen LogP contribution in [-0.2, 0) is 10.0 Å². The van der Waals surface area contributed by atoms with Crippen molar-refractivity contribution in [1.82, 2.24) is 4.31 Å². The van der Waals surface area contributed by atoms with Crippen LogP contribution < -0.4 is 5.73 Å². The number of nitrogens with zero attached hydrogens (tertiary/aromatic N) is 1. The van der Waals surface area contributed by atoms with Crippen LogP contribution in [-0.4, -0.2) is 25.8 Å². The molecule has 0 aliphatic carbocycles. The Balaban J connectivity index is 2.47. The van der Waals surface area contributed by atoms with Gasteiger partial charge in [0.25, 0.3) is 0 Å². The smallest absolute Gasteiger partial charge is 0.245 e. The van der Waals surface area contributed by atoms with Gasteiger partial charge in [-0.1, -0.05) is 6.07 Å². The quantitative estimate of drug-likeness (QED) is 0.795. The van der Waals surface area contributed by atoms with E-state index in [0.29, 0.717) is 13.1 Å². The van der Waals surface area contributed by atoms with Gasteiger partial charge in [-0.15, -0.1) is 0 Å². The summed E-state index contributed by atoms with van der Waals surface area (Å²) in [6, 6.07) is 3.85. The molecule has 6 heteroatoms. The van der Waals surface area contributed by atoms with E-state index in [1.54, 1.807) is 0 Å². The van der Waals surface area contributed by atoms with Crippen molar-refractivity contribution in [2.45, 2.75) is 17.7 Å². The molecule has 4 nitrogen and oxygen atoms in total. The fraction of sp³-hybridized carbons (Fsp3) is 0.400. The molecule has 0 radical (unpaired) electrons. The van der Waals surface area contributed by atoms with Crippen molar-refractivity contribution in [2.75, 3.05) is 18.8 Å². The molecule has 1 heterocycles. The molecule has 88 valence electrons. The first kappa shape index (κ1) is 11.3. The van der Waals surface area contributed by atoms with Crippen LogP contribution in [0.5, 0.6) is 0 Å². The van der Waals surface area contributed by atoms with Gasteiger partial charge >= 0.3 is 0 Å². The maximum atomic E-state index is 13.2. The molecule has 1 fully saturated rings. The Hall–Kier alpha value is -1.14. The summed E-state index contributed by atoms with van der Waals surface area (Å²) < 4.78 is 38.7. The number of hydrogen-bond acceptors (Lipinski definition) is 3. The van der Waals surface area contributed by atoms with E-state index in [4.69, 9.17) is 5.73 Å². The summed E-state index contributed by atoms with van der Waals surface area (Å²) in [7, 11) is -3.62. The van der Waals surface area contributed by atoms with Crippen LogP contribution in [0.4, 0.5) is 10.1 Å². The van der Waals surface area contributed by atoms with E-state index in [1.165, 1.54) is 16.4 Å². The monoisotopic (exact) mass is 244 g/mol. The number of sulfonamides is 1. The van der Waals surface area contributed by atoms with Crippen LogP contribution in [0.3, 0.4) is 0 Å². The molecule has 0 unspecified atom stereocenters. The Kier molecular flexibility index (Phi) is 2.86. The molecule has 0 bridgehead atoms. The number of para-hydroxylation sites is 1. The molecule has 1 saturated heterocycles. The molecule has 1 aliphatic heterocycles. The molecule has 1 aliphatic rings. The maximum absolute atomic E-state index is 13.2. The van der Waals surface area contributed by atoms with E-state index in [9.17, 15) is 12.8 Å². The maximum Gasteiger partial charge on any atom is 0.245 e. The van der Waals surface area contributed by atoms with Crippen LogP contribution in [0, 0.1) is 5.82 Å². The molecule has 0 saturated carbocycles. The lowest BCUT2D eigenvalue weighted by atomic mass is 10.3. The highest BCUT2D eigenvalue weighted by Crippen LogP contribution is 2.26. The zero-order valence-electron chi connectivity index (χ0n) is 8.69. The van der Waals surface area contributed by atoms with E-state index < -0.39 is 15.8 Å². The van der Waals surface area contributed by atoms with Gasteiger partial charge in [-0.3, -0.25) is 0 Å². The molecule has 16 heavy (non-hydrogen) atoms. The zero-order valence-corrected chi connectivity index (χ0v) is 9.50. The van der Waals surface area contributed by atoms with Gasteiger partial charge in [0.05, 0.1) is 5.69 Å². The van der Waals surface area contributed by atoms with Gasteiger partial charge in [0, 0.05) is 13.1 Å². The van der Waals surface area contributed by atoms with Gasteiger partial charge in [-0.05, 0) is 25.0 Å². The van der Waals surface area contributed by atoms with Crippen LogP contribution >= 0.6 is 0 Å². The van der Waals surface area contributed by atoms with Crippen molar-refractivity contribution >= 4 is 15.7 Å². The highest BCUT2D eigenvalue weighted by Gasteiger charge is 2.29. The largest absolute Gasteiger partial charge is 0.395 e. The molecular formula is C10H13FN2O2S. The number of halogens is 1. The average Bonchev–Trinajstić information content (AvgIpc) is 2.75. The Bertz CT molecular complexity index is 496. The molecule has 1 aromatic carbocycles. The Labute approximate surface area is 93.9 Å². The lowest BCUT2D eigenvalue weighted by Crippen LogP contribution is -2.28. The Morgan fingerprint density at radius 1 is 1.25 bits per heavy atom. The number of hydrogen-bond donors (Lipinski definition) is 1. The second-order valence-electron chi connectivity index (χ2n) is 3.76. The molecular weight excluding hydrogens is 231 g/mol. The molecule has 0 spiro atoms. The fourth-order valence-electron chi connectivity index (χ4n) is 1.81. The van der Waals surface area contributed by atoms with Crippen molar-refractivity contribution in [3.63, 3.8) is 0 Å². The summed E-state index contributed by atoms with van der Waals surface area (Å²) in [6.07, 6.45) is 1.68. The minimum atomic E-state index is -3.62. The molecule has 0 amide bonds. The third-order valence-electron chi connectivity index (χ3n) is 2.70. The van der Waals surface area contributed by atoms with E-state index in [2.05, 4.69) is 0 Å². The Morgan fingerprint density at radius 3 is 2.50 bits per heavy atom. The second-order valence-corrected chi connectivity index (χ2v) is 5.67. The number of rotatable bonds is 2. The van der Waals surface area contributed by atoms with Crippen LogP contribution in [0.25, 0.3) is 0 Å². The van der Waals surface area contributed by atoms with E-state index in [1.807, 2.05) is 0 Å². The highest BCUT2D eigenvalue weighted by atomic mass is 32.2. The predicted molar refractivity (Wildman–Crippen MR) is 58.8 cm³/mol. The van der Waals surface area contributed by atoms with Crippen molar-refractivity contribution in [2.24, 2.45) is 0 Å². The van der Waals surface area contributed by atoms with Crippen molar-refractivity contribution in [3.8, 4) is 0 Å². The number of nitrogens with two attached hydrogens (primary N) is 1. The lowest BCUT2D eigenvalue weighted by Gasteiger charge is -2.16. The van der Waals surface area contributed by atoms with Gasteiger partial charge < -0.3 is 5.73 Å². The third kappa shape index (κ3) is 1.78. The zero-order chi connectivity index (χ0) is 11.8. The van der Waals surface area contributed by atoms with Crippen LogP contribution in [0.2, 0.25) is 0 Å². The van der Waals surface area contributed by atoms with Crippen molar-refractivity contribution in [1.29, 1.82) is 0 Å². The summed E-state index contributed by atoms with van der Waals surface area (Å²) in [6.45, 7) is 0.969.